The summed E-state index contributed by atoms with van der Waals surface area (Å²) in [7, 11) is 1.36. The largest absolute Gasteiger partial charge is 0.469 e. The van der Waals surface area contributed by atoms with Crippen LogP contribution < -0.4 is 0 Å². The lowest BCUT2D eigenvalue weighted by Crippen LogP contribution is -2.45. The van der Waals surface area contributed by atoms with Gasteiger partial charge in [0, 0.05) is 19.5 Å². The summed E-state index contributed by atoms with van der Waals surface area (Å²) in [4.78, 5) is 29.9. The number of aromatic nitrogens is 1. The van der Waals surface area contributed by atoms with E-state index in [2.05, 4.69) is 4.98 Å². The number of hydrogen-bond donors (Lipinski definition) is 0. The van der Waals surface area contributed by atoms with E-state index in [9.17, 15) is 9.59 Å². The molecule has 1 fully saturated rings. The molecule has 1 aromatic rings. The summed E-state index contributed by atoms with van der Waals surface area (Å²) in [6.07, 6.45) is 3.00. The monoisotopic (exact) mass is 280 g/mol. The highest BCUT2D eigenvalue weighted by Crippen LogP contribution is 2.23. The van der Waals surface area contributed by atoms with Crippen molar-refractivity contribution in [3.05, 3.63) is 17.3 Å². The molecular formula is C14H20N2O4. The first kappa shape index (κ1) is 14.6. The van der Waals surface area contributed by atoms with E-state index in [1.54, 1.807) is 18.7 Å². The van der Waals surface area contributed by atoms with Gasteiger partial charge in [0.1, 0.15) is 0 Å². The number of methoxy groups -OCH3 is 1. The molecule has 110 valence electrons. The van der Waals surface area contributed by atoms with Crippen LogP contribution in [-0.2, 0) is 9.53 Å². The van der Waals surface area contributed by atoms with Crippen LogP contribution in [0.15, 0.2) is 4.42 Å². The van der Waals surface area contributed by atoms with Gasteiger partial charge in [0.2, 0.25) is 5.76 Å². The van der Waals surface area contributed by atoms with Crippen LogP contribution in [0.5, 0.6) is 0 Å². The summed E-state index contributed by atoms with van der Waals surface area (Å²) in [6.45, 7) is 4.11. The van der Waals surface area contributed by atoms with Gasteiger partial charge in [-0.1, -0.05) is 0 Å². The van der Waals surface area contributed by atoms with Gasteiger partial charge in [0.05, 0.1) is 19.2 Å². The Bertz CT molecular complexity index is 509. The summed E-state index contributed by atoms with van der Waals surface area (Å²) in [5.41, 5.74) is 0.592. The maximum absolute atomic E-state index is 12.6. The fourth-order valence-corrected chi connectivity index (χ4v) is 2.62. The molecule has 1 amide bonds. The summed E-state index contributed by atoms with van der Waals surface area (Å²) >= 11 is 0. The van der Waals surface area contributed by atoms with Crippen LogP contribution >= 0.6 is 0 Å². The van der Waals surface area contributed by atoms with Crippen molar-refractivity contribution in [1.82, 2.24) is 9.88 Å². The van der Waals surface area contributed by atoms with Crippen LogP contribution in [0.3, 0.4) is 0 Å². The highest BCUT2D eigenvalue weighted by Gasteiger charge is 2.32. The summed E-state index contributed by atoms with van der Waals surface area (Å²) in [5.74, 6) is 0.281. The Morgan fingerprint density at radius 2 is 2.15 bits per heavy atom. The molecule has 1 atom stereocenters. The SMILES string of the molecule is COC(=O)CC1CCCCN1C(=O)c1oc(C)nc1C. The average Bonchev–Trinajstić information content (AvgIpc) is 2.77. The second-order valence-electron chi connectivity index (χ2n) is 5.08. The van der Waals surface area contributed by atoms with Crippen molar-refractivity contribution < 1.29 is 18.7 Å². The molecule has 1 unspecified atom stereocenters. The molecule has 0 saturated carbocycles. The molecule has 6 heteroatoms. The maximum atomic E-state index is 12.6. The minimum Gasteiger partial charge on any atom is -0.469 e. The lowest BCUT2D eigenvalue weighted by Gasteiger charge is -2.34. The van der Waals surface area contributed by atoms with E-state index < -0.39 is 0 Å². The molecule has 1 aromatic heterocycles. The van der Waals surface area contributed by atoms with Crippen molar-refractivity contribution in [2.75, 3.05) is 13.7 Å². The predicted octanol–water partition coefficient (Wildman–Crippen LogP) is 1.85. The number of piperidine rings is 1. The third-order valence-corrected chi connectivity index (χ3v) is 3.62. The number of amides is 1. The van der Waals surface area contributed by atoms with Gasteiger partial charge in [-0.25, -0.2) is 4.98 Å². The molecule has 20 heavy (non-hydrogen) atoms. The molecule has 0 spiro atoms. The van der Waals surface area contributed by atoms with Crippen molar-refractivity contribution >= 4 is 11.9 Å². The van der Waals surface area contributed by atoms with E-state index in [4.69, 9.17) is 9.15 Å². The number of likely N-dealkylation sites (tertiary alicyclic amines) is 1. The van der Waals surface area contributed by atoms with Crippen LogP contribution in [0.2, 0.25) is 0 Å². The van der Waals surface area contributed by atoms with Crippen molar-refractivity contribution in [3.8, 4) is 0 Å². The zero-order valence-electron chi connectivity index (χ0n) is 12.1. The number of carbonyl (C=O) groups is 2. The fraction of sp³-hybridized carbons (Fsp3) is 0.643. The third kappa shape index (κ3) is 3.00. The minimum absolute atomic E-state index is 0.117. The molecule has 0 radical (unpaired) electrons. The van der Waals surface area contributed by atoms with Gasteiger partial charge in [-0.3, -0.25) is 9.59 Å². The number of hydrogen-bond acceptors (Lipinski definition) is 5. The fourth-order valence-electron chi connectivity index (χ4n) is 2.62. The first-order valence-corrected chi connectivity index (χ1v) is 6.84. The average molecular weight is 280 g/mol. The van der Waals surface area contributed by atoms with Gasteiger partial charge in [-0.2, -0.15) is 0 Å². The maximum Gasteiger partial charge on any atom is 0.307 e. The zero-order valence-corrected chi connectivity index (χ0v) is 12.1. The molecule has 1 aliphatic heterocycles. The van der Waals surface area contributed by atoms with Crippen LogP contribution in [0.4, 0.5) is 0 Å². The lowest BCUT2D eigenvalue weighted by atomic mass is 9.99. The second kappa shape index (κ2) is 6.07. The number of rotatable bonds is 3. The van der Waals surface area contributed by atoms with Crippen LogP contribution in [-0.4, -0.2) is 41.5 Å². The number of esters is 1. The molecule has 6 nitrogen and oxygen atoms in total. The lowest BCUT2D eigenvalue weighted by molar-refractivity contribution is -0.142. The quantitative estimate of drug-likeness (QED) is 0.790. The van der Waals surface area contributed by atoms with Crippen molar-refractivity contribution in [1.29, 1.82) is 0 Å². The van der Waals surface area contributed by atoms with Crippen LogP contribution in [0.25, 0.3) is 0 Å². The first-order valence-electron chi connectivity index (χ1n) is 6.84. The number of nitrogens with zero attached hydrogens (tertiary/aromatic N) is 2. The Morgan fingerprint density at radius 1 is 1.40 bits per heavy atom. The van der Waals surface area contributed by atoms with Gasteiger partial charge in [-0.05, 0) is 26.2 Å². The minimum atomic E-state index is -0.292. The number of ether oxygens (including phenoxy) is 1. The summed E-state index contributed by atoms with van der Waals surface area (Å²) < 4.78 is 10.1. The molecule has 1 aliphatic rings. The van der Waals surface area contributed by atoms with Gasteiger partial charge < -0.3 is 14.1 Å². The molecule has 0 aliphatic carbocycles. The highest BCUT2D eigenvalue weighted by molar-refractivity contribution is 5.93. The third-order valence-electron chi connectivity index (χ3n) is 3.62. The highest BCUT2D eigenvalue weighted by atomic mass is 16.5. The normalized spacial score (nSPS) is 18.9. The first-order chi connectivity index (χ1) is 9.52. The van der Waals surface area contributed by atoms with Crippen LogP contribution in [0.1, 0.15) is 47.8 Å². The zero-order chi connectivity index (χ0) is 14.7. The standard InChI is InChI=1S/C14H20N2O4/c1-9-13(20-10(2)15-9)14(18)16-7-5-4-6-11(16)8-12(17)19-3/h11H,4-8H2,1-3H3. The van der Waals surface area contributed by atoms with Gasteiger partial charge >= 0.3 is 5.97 Å². The molecule has 2 rings (SSSR count). The smallest absolute Gasteiger partial charge is 0.307 e. The summed E-state index contributed by atoms with van der Waals surface area (Å²) in [5, 5.41) is 0. The molecule has 0 bridgehead atoms. The Hall–Kier alpha value is -1.85. The summed E-state index contributed by atoms with van der Waals surface area (Å²) in [6, 6.07) is -0.117. The molecule has 0 aromatic carbocycles. The van der Waals surface area contributed by atoms with E-state index in [1.165, 1.54) is 7.11 Å². The Labute approximate surface area is 118 Å². The van der Waals surface area contributed by atoms with Crippen molar-refractivity contribution in [3.63, 3.8) is 0 Å². The van der Waals surface area contributed by atoms with E-state index in [0.717, 1.165) is 19.3 Å². The Morgan fingerprint density at radius 3 is 2.75 bits per heavy atom. The van der Waals surface area contributed by atoms with Crippen molar-refractivity contribution in [2.24, 2.45) is 0 Å². The molecular weight excluding hydrogens is 260 g/mol. The molecule has 2 heterocycles. The predicted molar refractivity (Wildman–Crippen MR) is 71.3 cm³/mol. The van der Waals surface area contributed by atoms with Crippen LogP contribution in [0, 0.1) is 13.8 Å². The molecule has 0 N–H and O–H groups in total. The van der Waals surface area contributed by atoms with E-state index in [-0.39, 0.29) is 30.1 Å². The number of oxazole rings is 1. The number of aryl methyl sites for hydroxylation is 2. The molecule has 1 saturated heterocycles. The van der Waals surface area contributed by atoms with E-state index in [0.29, 0.717) is 18.1 Å². The van der Waals surface area contributed by atoms with E-state index in [1.807, 2.05) is 0 Å². The second-order valence-corrected chi connectivity index (χ2v) is 5.08. The van der Waals surface area contributed by atoms with E-state index >= 15 is 0 Å². The Kier molecular flexibility index (Phi) is 4.42. The van der Waals surface area contributed by atoms with Gasteiger partial charge in [0.15, 0.2) is 5.89 Å². The van der Waals surface area contributed by atoms with Crippen molar-refractivity contribution in [2.45, 2.75) is 45.6 Å². The Balaban J connectivity index is 2.17. The van der Waals surface area contributed by atoms with Gasteiger partial charge in [0.25, 0.3) is 5.91 Å². The topological polar surface area (TPSA) is 72.6 Å². The number of carbonyl (C=O) groups excluding carboxylic acids is 2. The van der Waals surface area contributed by atoms with Gasteiger partial charge in [-0.15, -0.1) is 0 Å².